The summed E-state index contributed by atoms with van der Waals surface area (Å²) in [5, 5.41) is 2.11. The van der Waals surface area contributed by atoms with Crippen molar-refractivity contribution in [3.05, 3.63) is 77.2 Å². The normalized spacial score (nSPS) is 12.6. The summed E-state index contributed by atoms with van der Waals surface area (Å²) in [4.78, 5) is 6.10. The van der Waals surface area contributed by atoms with Crippen LogP contribution in [0, 0.1) is 0 Å². The van der Waals surface area contributed by atoms with E-state index in [4.69, 9.17) is 4.98 Å². The number of imidazole rings is 1. The zero-order chi connectivity index (χ0) is 17.2. The van der Waals surface area contributed by atoms with Crippen molar-refractivity contribution in [3.8, 4) is 10.7 Å². The molecule has 2 aromatic carbocycles. The van der Waals surface area contributed by atoms with Gasteiger partial charge >= 0.3 is 0 Å². The van der Waals surface area contributed by atoms with Gasteiger partial charge in [0.25, 0.3) is 0 Å². The van der Waals surface area contributed by atoms with Gasteiger partial charge in [0, 0.05) is 6.54 Å². The molecule has 4 aromatic rings. The predicted octanol–water partition coefficient (Wildman–Crippen LogP) is 6.33. The van der Waals surface area contributed by atoms with Gasteiger partial charge in [0.15, 0.2) is 5.82 Å². The van der Waals surface area contributed by atoms with Crippen LogP contribution in [0.3, 0.4) is 0 Å². The number of thiophene rings is 1. The fourth-order valence-corrected chi connectivity index (χ4v) is 3.92. The predicted molar refractivity (Wildman–Crippen MR) is 107 cm³/mol. The molecule has 0 N–H and O–H groups in total. The third-order valence-corrected chi connectivity index (χ3v) is 5.76. The lowest BCUT2D eigenvalue weighted by Gasteiger charge is -2.12. The Morgan fingerprint density at radius 3 is 2.52 bits per heavy atom. The van der Waals surface area contributed by atoms with Gasteiger partial charge in [-0.2, -0.15) is 0 Å². The van der Waals surface area contributed by atoms with Crippen molar-refractivity contribution in [2.24, 2.45) is 0 Å². The fourth-order valence-electron chi connectivity index (χ4n) is 3.20. The maximum Gasteiger partial charge on any atom is 0.151 e. The standard InChI is InChI=1S/C22H22N2S/c1-3-16(2)18-12-10-17(11-13-18)15-24-20-8-5-4-7-19(20)23-22(24)21-9-6-14-25-21/h4-14,16H,3,15H2,1-2H3. The summed E-state index contributed by atoms with van der Waals surface area (Å²) in [6.45, 7) is 5.37. The van der Waals surface area contributed by atoms with E-state index in [1.807, 2.05) is 0 Å². The Balaban J connectivity index is 1.74. The van der Waals surface area contributed by atoms with Gasteiger partial charge in [-0.25, -0.2) is 4.98 Å². The highest BCUT2D eigenvalue weighted by atomic mass is 32.1. The van der Waals surface area contributed by atoms with Crippen LogP contribution in [-0.2, 0) is 6.54 Å². The summed E-state index contributed by atoms with van der Waals surface area (Å²) in [6.07, 6.45) is 1.17. The van der Waals surface area contributed by atoms with E-state index in [0.29, 0.717) is 5.92 Å². The van der Waals surface area contributed by atoms with Gasteiger partial charge in [-0.05, 0) is 47.0 Å². The molecule has 2 aromatic heterocycles. The molecule has 0 fully saturated rings. The average molecular weight is 346 g/mol. The van der Waals surface area contributed by atoms with Crippen LogP contribution in [0.15, 0.2) is 66.0 Å². The molecule has 0 saturated heterocycles. The summed E-state index contributed by atoms with van der Waals surface area (Å²) < 4.78 is 2.33. The molecular formula is C22H22N2S. The number of para-hydroxylation sites is 2. The van der Waals surface area contributed by atoms with Crippen LogP contribution in [0.25, 0.3) is 21.7 Å². The van der Waals surface area contributed by atoms with Crippen LogP contribution in [0.1, 0.15) is 37.3 Å². The summed E-state index contributed by atoms with van der Waals surface area (Å²) >= 11 is 1.74. The van der Waals surface area contributed by atoms with Crippen molar-refractivity contribution < 1.29 is 0 Å². The number of hydrogen-bond donors (Lipinski definition) is 0. The molecule has 0 spiro atoms. The van der Waals surface area contributed by atoms with Crippen LogP contribution in [0.2, 0.25) is 0 Å². The number of benzene rings is 2. The molecule has 0 radical (unpaired) electrons. The molecule has 0 amide bonds. The monoisotopic (exact) mass is 346 g/mol. The highest BCUT2D eigenvalue weighted by Gasteiger charge is 2.13. The Morgan fingerprint density at radius 1 is 1.00 bits per heavy atom. The minimum Gasteiger partial charge on any atom is -0.319 e. The van der Waals surface area contributed by atoms with E-state index in [-0.39, 0.29) is 0 Å². The van der Waals surface area contributed by atoms with Crippen LogP contribution in [-0.4, -0.2) is 9.55 Å². The second kappa shape index (κ2) is 6.85. The Bertz CT molecular complexity index is 965. The number of rotatable bonds is 5. The molecule has 0 saturated carbocycles. The average Bonchev–Trinajstić information content (AvgIpc) is 3.30. The first-order valence-corrected chi connectivity index (χ1v) is 9.72. The molecule has 0 bridgehead atoms. The van der Waals surface area contributed by atoms with Gasteiger partial charge in [-0.3, -0.25) is 0 Å². The summed E-state index contributed by atoms with van der Waals surface area (Å²) in [5.74, 6) is 1.67. The highest BCUT2D eigenvalue weighted by molar-refractivity contribution is 7.13. The molecule has 3 heteroatoms. The first kappa shape index (κ1) is 16.1. The van der Waals surface area contributed by atoms with Gasteiger partial charge in [0.05, 0.1) is 15.9 Å². The Labute approximate surface area is 152 Å². The number of nitrogens with zero attached hydrogens (tertiary/aromatic N) is 2. The quantitative estimate of drug-likeness (QED) is 0.413. The molecule has 4 rings (SSSR count). The zero-order valence-electron chi connectivity index (χ0n) is 14.6. The van der Waals surface area contributed by atoms with Crippen LogP contribution >= 0.6 is 11.3 Å². The van der Waals surface area contributed by atoms with E-state index in [1.54, 1.807) is 11.3 Å². The molecule has 0 aliphatic rings. The van der Waals surface area contributed by atoms with Gasteiger partial charge < -0.3 is 4.57 Å². The molecule has 2 heterocycles. The Hall–Kier alpha value is -2.39. The maximum atomic E-state index is 4.88. The van der Waals surface area contributed by atoms with E-state index in [9.17, 15) is 0 Å². The van der Waals surface area contributed by atoms with E-state index in [1.165, 1.54) is 27.9 Å². The van der Waals surface area contributed by atoms with Gasteiger partial charge in [-0.15, -0.1) is 11.3 Å². The molecule has 2 nitrogen and oxygen atoms in total. The summed E-state index contributed by atoms with van der Waals surface area (Å²) in [6, 6.07) is 21.7. The largest absolute Gasteiger partial charge is 0.319 e. The number of aromatic nitrogens is 2. The van der Waals surface area contributed by atoms with Gasteiger partial charge in [0.1, 0.15) is 0 Å². The highest BCUT2D eigenvalue weighted by Crippen LogP contribution is 2.29. The molecule has 25 heavy (non-hydrogen) atoms. The van der Waals surface area contributed by atoms with E-state index in [0.717, 1.165) is 17.9 Å². The van der Waals surface area contributed by atoms with Gasteiger partial charge in [-0.1, -0.05) is 56.3 Å². The molecule has 126 valence electrons. The minimum atomic E-state index is 0.616. The van der Waals surface area contributed by atoms with Crippen LogP contribution < -0.4 is 0 Å². The lowest BCUT2D eigenvalue weighted by Crippen LogP contribution is -2.02. The van der Waals surface area contributed by atoms with Crippen LogP contribution in [0.4, 0.5) is 0 Å². The van der Waals surface area contributed by atoms with Crippen LogP contribution in [0.5, 0.6) is 0 Å². The van der Waals surface area contributed by atoms with Gasteiger partial charge in [0.2, 0.25) is 0 Å². The van der Waals surface area contributed by atoms with Crippen molar-refractivity contribution in [1.82, 2.24) is 9.55 Å². The minimum absolute atomic E-state index is 0.616. The maximum absolute atomic E-state index is 4.88. The molecule has 1 atom stereocenters. The van der Waals surface area contributed by atoms with Crippen molar-refractivity contribution >= 4 is 22.4 Å². The van der Waals surface area contributed by atoms with Crippen molar-refractivity contribution in [3.63, 3.8) is 0 Å². The third kappa shape index (κ3) is 3.12. The SMILES string of the molecule is CCC(C)c1ccc(Cn2c(-c3cccs3)nc3ccccc32)cc1. The van der Waals surface area contributed by atoms with Crippen molar-refractivity contribution in [1.29, 1.82) is 0 Å². The topological polar surface area (TPSA) is 17.8 Å². The summed E-state index contributed by atoms with van der Waals surface area (Å²) in [7, 11) is 0. The van der Waals surface area contributed by atoms with E-state index in [2.05, 4.69) is 84.5 Å². The second-order valence-corrected chi connectivity index (χ2v) is 7.49. The molecule has 0 aliphatic heterocycles. The summed E-state index contributed by atoms with van der Waals surface area (Å²) in [5.41, 5.74) is 4.98. The first-order valence-electron chi connectivity index (χ1n) is 8.84. The van der Waals surface area contributed by atoms with E-state index >= 15 is 0 Å². The number of fused-ring (bicyclic) bond motifs is 1. The third-order valence-electron chi connectivity index (χ3n) is 4.90. The Kier molecular flexibility index (Phi) is 4.41. The Morgan fingerprint density at radius 2 is 1.80 bits per heavy atom. The first-order chi connectivity index (χ1) is 12.3. The fraction of sp³-hybridized carbons (Fsp3) is 0.227. The second-order valence-electron chi connectivity index (χ2n) is 6.54. The molecule has 0 aliphatic carbocycles. The lowest BCUT2D eigenvalue weighted by molar-refractivity contribution is 0.732. The van der Waals surface area contributed by atoms with Crippen molar-refractivity contribution in [2.75, 3.05) is 0 Å². The zero-order valence-corrected chi connectivity index (χ0v) is 15.5. The smallest absolute Gasteiger partial charge is 0.151 e. The van der Waals surface area contributed by atoms with Crippen molar-refractivity contribution in [2.45, 2.75) is 32.7 Å². The number of hydrogen-bond acceptors (Lipinski definition) is 2. The lowest BCUT2D eigenvalue weighted by atomic mass is 9.98. The molecular weight excluding hydrogens is 324 g/mol. The molecule has 1 unspecified atom stereocenters. The van der Waals surface area contributed by atoms with E-state index < -0.39 is 0 Å².